The van der Waals surface area contributed by atoms with Gasteiger partial charge in [0.05, 0.1) is 0 Å². The number of benzene rings is 1. The zero-order valence-electron chi connectivity index (χ0n) is 11.8. The summed E-state index contributed by atoms with van der Waals surface area (Å²) in [6, 6.07) is 7.78. The third-order valence-corrected chi connectivity index (χ3v) is 3.46. The molecule has 0 atom stereocenters. The quantitative estimate of drug-likeness (QED) is 0.670. The molecule has 0 fully saturated rings. The van der Waals surface area contributed by atoms with Crippen LogP contribution in [0.2, 0.25) is 5.02 Å². The second-order valence-electron chi connectivity index (χ2n) is 4.66. The molecule has 1 heterocycles. The highest BCUT2D eigenvalue weighted by atomic mass is 35.5. The number of halogens is 1. The van der Waals surface area contributed by atoms with Crippen LogP contribution < -0.4 is 16.2 Å². The second kappa shape index (κ2) is 6.07. The van der Waals surface area contributed by atoms with Crippen LogP contribution in [0.15, 0.2) is 24.3 Å². The minimum Gasteiger partial charge on any atom is -0.355 e. The molecule has 3 N–H and O–H groups in total. The Bertz CT molecular complexity index is 615. The number of nitrogen functional groups attached to an aromatic ring is 1. The van der Waals surface area contributed by atoms with Crippen molar-refractivity contribution in [2.45, 2.75) is 20.4 Å². The Morgan fingerprint density at radius 1 is 1.25 bits per heavy atom. The second-order valence-corrected chi connectivity index (χ2v) is 5.07. The fourth-order valence-corrected chi connectivity index (χ4v) is 2.28. The zero-order valence-corrected chi connectivity index (χ0v) is 12.6. The molecule has 1 aromatic carbocycles. The lowest BCUT2D eigenvalue weighted by molar-refractivity contribution is 0.870. The summed E-state index contributed by atoms with van der Waals surface area (Å²) >= 11 is 6.19. The maximum absolute atomic E-state index is 6.19. The van der Waals surface area contributed by atoms with Crippen molar-refractivity contribution >= 4 is 23.2 Å². The van der Waals surface area contributed by atoms with Crippen molar-refractivity contribution in [3.63, 3.8) is 0 Å². The molecule has 1 aromatic heterocycles. The van der Waals surface area contributed by atoms with E-state index < -0.39 is 0 Å². The van der Waals surface area contributed by atoms with Crippen LogP contribution in [0.5, 0.6) is 0 Å². The highest BCUT2D eigenvalue weighted by Gasteiger charge is 2.13. The number of hydrogen-bond acceptors (Lipinski definition) is 5. The Labute approximate surface area is 123 Å². The van der Waals surface area contributed by atoms with Crippen molar-refractivity contribution in [3.8, 4) is 0 Å². The molecular weight excluding hydrogens is 274 g/mol. The van der Waals surface area contributed by atoms with E-state index in [9.17, 15) is 0 Å². The number of anilines is 2. The van der Waals surface area contributed by atoms with Crippen LogP contribution in [-0.2, 0) is 6.54 Å². The van der Waals surface area contributed by atoms with E-state index >= 15 is 0 Å². The van der Waals surface area contributed by atoms with Gasteiger partial charge in [0, 0.05) is 24.2 Å². The summed E-state index contributed by atoms with van der Waals surface area (Å²) in [4.78, 5) is 10.8. The summed E-state index contributed by atoms with van der Waals surface area (Å²) in [6.45, 7) is 4.45. The summed E-state index contributed by atoms with van der Waals surface area (Å²) < 4.78 is 0. The van der Waals surface area contributed by atoms with Crippen LogP contribution in [0.25, 0.3) is 0 Å². The highest BCUT2D eigenvalue weighted by molar-refractivity contribution is 6.31. The summed E-state index contributed by atoms with van der Waals surface area (Å²) in [6.07, 6.45) is 0. The summed E-state index contributed by atoms with van der Waals surface area (Å²) in [7, 11) is 1.97. The van der Waals surface area contributed by atoms with Crippen LogP contribution in [0, 0.1) is 13.8 Å². The van der Waals surface area contributed by atoms with Gasteiger partial charge in [-0.2, -0.15) is 0 Å². The molecule has 0 spiro atoms. The van der Waals surface area contributed by atoms with Gasteiger partial charge in [0.2, 0.25) is 0 Å². The van der Waals surface area contributed by atoms with Gasteiger partial charge in [0.25, 0.3) is 0 Å². The van der Waals surface area contributed by atoms with Crippen LogP contribution in [0.1, 0.15) is 17.0 Å². The Morgan fingerprint density at radius 3 is 2.60 bits per heavy atom. The van der Waals surface area contributed by atoms with Crippen LogP contribution >= 0.6 is 11.6 Å². The van der Waals surface area contributed by atoms with Gasteiger partial charge >= 0.3 is 0 Å². The van der Waals surface area contributed by atoms with Crippen molar-refractivity contribution in [1.29, 1.82) is 0 Å². The van der Waals surface area contributed by atoms with Gasteiger partial charge in [-0.25, -0.2) is 15.8 Å². The summed E-state index contributed by atoms with van der Waals surface area (Å²) in [5.41, 5.74) is 4.56. The van der Waals surface area contributed by atoms with Gasteiger partial charge in [-0.15, -0.1) is 0 Å². The Morgan fingerprint density at radius 2 is 1.95 bits per heavy atom. The molecule has 5 nitrogen and oxygen atoms in total. The van der Waals surface area contributed by atoms with Crippen LogP contribution in [0.4, 0.5) is 11.6 Å². The standard InChI is InChI=1S/C14H18ClN5/c1-9-13(19-16)17-10(2)18-14(9)20(3)8-11-6-4-5-7-12(11)15/h4-7H,8,16H2,1-3H3,(H,17,18,19). The van der Waals surface area contributed by atoms with Crippen molar-refractivity contribution in [2.24, 2.45) is 5.84 Å². The average molecular weight is 292 g/mol. The average Bonchev–Trinajstić information content (AvgIpc) is 2.43. The maximum atomic E-state index is 6.19. The molecule has 0 bridgehead atoms. The minimum atomic E-state index is 0.638. The molecule has 0 aliphatic rings. The zero-order chi connectivity index (χ0) is 14.7. The predicted molar refractivity (Wildman–Crippen MR) is 82.9 cm³/mol. The molecule has 0 saturated carbocycles. The molecule has 2 aromatic rings. The molecule has 20 heavy (non-hydrogen) atoms. The maximum Gasteiger partial charge on any atom is 0.148 e. The number of nitrogens with zero attached hydrogens (tertiary/aromatic N) is 3. The lowest BCUT2D eigenvalue weighted by Crippen LogP contribution is -2.21. The Kier molecular flexibility index (Phi) is 4.42. The molecular formula is C14H18ClN5. The van der Waals surface area contributed by atoms with E-state index in [1.54, 1.807) is 0 Å². The first-order valence-electron chi connectivity index (χ1n) is 6.29. The van der Waals surface area contributed by atoms with E-state index in [0.29, 0.717) is 18.2 Å². The SMILES string of the molecule is Cc1nc(NN)c(C)c(N(C)Cc2ccccc2Cl)n1. The lowest BCUT2D eigenvalue weighted by Gasteiger charge is -2.22. The monoisotopic (exact) mass is 291 g/mol. The first kappa shape index (κ1) is 14.6. The molecule has 106 valence electrons. The van der Waals surface area contributed by atoms with Crippen molar-refractivity contribution < 1.29 is 0 Å². The van der Waals surface area contributed by atoms with E-state index in [2.05, 4.69) is 15.4 Å². The molecule has 6 heteroatoms. The van der Waals surface area contributed by atoms with Gasteiger partial charge in [-0.3, -0.25) is 0 Å². The topological polar surface area (TPSA) is 67.1 Å². The predicted octanol–water partition coefficient (Wildman–Crippen LogP) is 2.67. The van der Waals surface area contributed by atoms with E-state index in [1.807, 2.05) is 50.1 Å². The third-order valence-electron chi connectivity index (χ3n) is 3.10. The minimum absolute atomic E-state index is 0.638. The first-order chi connectivity index (χ1) is 9.52. The van der Waals surface area contributed by atoms with E-state index in [1.165, 1.54) is 0 Å². The Balaban J connectivity index is 2.32. The molecule has 0 aliphatic carbocycles. The number of nitrogens with one attached hydrogen (secondary N) is 1. The number of aryl methyl sites for hydroxylation is 1. The smallest absolute Gasteiger partial charge is 0.148 e. The molecule has 0 radical (unpaired) electrons. The van der Waals surface area contributed by atoms with Gasteiger partial charge in [0.1, 0.15) is 17.5 Å². The van der Waals surface area contributed by atoms with Gasteiger partial charge in [-0.05, 0) is 25.5 Å². The number of nitrogens with two attached hydrogens (primary N) is 1. The molecule has 2 rings (SSSR count). The fourth-order valence-electron chi connectivity index (χ4n) is 2.08. The third kappa shape index (κ3) is 3.00. The van der Waals surface area contributed by atoms with Crippen molar-refractivity contribution in [1.82, 2.24) is 9.97 Å². The molecule has 0 amide bonds. The normalized spacial score (nSPS) is 10.4. The lowest BCUT2D eigenvalue weighted by atomic mass is 10.2. The largest absolute Gasteiger partial charge is 0.355 e. The van der Waals surface area contributed by atoms with E-state index in [4.69, 9.17) is 17.4 Å². The summed E-state index contributed by atoms with van der Waals surface area (Å²) in [5, 5.41) is 0.750. The van der Waals surface area contributed by atoms with E-state index in [-0.39, 0.29) is 0 Å². The number of hydrazine groups is 1. The van der Waals surface area contributed by atoms with Crippen molar-refractivity contribution in [3.05, 3.63) is 46.2 Å². The van der Waals surface area contributed by atoms with Gasteiger partial charge < -0.3 is 10.3 Å². The molecule has 0 saturated heterocycles. The summed E-state index contributed by atoms with van der Waals surface area (Å²) in [5.74, 6) is 7.63. The number of rotatable bonds is 4. The fraction of sp³-hybridized carbons (Fsp3) is 0.286. The van der Waals surface area contributed by atoms with Gasteiger partial charge in [0.15, 0.2) is 0 Å². The van der Waals surface area contributed by atoms with Crippen LogP contribution in [-0.4, -0.2) is 17.0 Å². The van der Waals surface area contributed by atoms with Gasteiger partial charge in [-0.1, -0.05) is 29.8 Å². The molecule has 0 aliphatic heterocycles. The van der Waals surface area contributed by atoms with Crippen molar-refractivity contribution in [2.75, 3.05) is 17.4 Å². The number of hydrogen-bond donors (Lipinski definition) is 2. The van der Waals surface area contributed by atoms with Crippen LogP contribution in [0.3, 0.4) is 0 Å². The first-order valence-corrected chi connectivity index (χ1v) is 6.67. The Hall–Kier alpha value is -1.85. The number of aromatic nitrogens is 2. The van der Waals surface area contributed by atoms with E-state index in [0.717, 1.165) is 22.0 Å². The molecule has 0 unspecified atom stereocenters. The highest BCUT2D eigenvalue weighted by Crippen LogP contribution is 2.25.